The lowest BCUT2D eigenvalue weighted by Crippen LogP contribution is -2.24. The van der Waals surface area contributed by atoms with E-state index < -0.39 is 0 Å². The van der Waals surface area contributed by atoms with Crippen LogP contribution in [0.3, 0.4) is 0 Å². The van der Waals surface area contributed by atoms with E-state index in [1.807, 2.05) is 25.1 Å². The summed E-state index contributed by atoms with van der Waals surface area (Å²) in [5.41, 5.74) is 2.79. The van der Waals surface area contributed by atoms with Crippen LogP contribution in [0.25, 0.3) is 0 Å². The largest absolute Gasteiger partial charge is 0.361 e. The minimum atomic E-state index is -0.206. The first-order valence-electron chi connectivity index (χ1n) is 8.66. The van der Waals surface area contributed by atoms with Crippen LogP contribution in [-0.4, -0.2) is 29.0 Å². The quantitative estimate of drug-likeness (QED) is 0.596. The maximum Gasteiger partial charge on any atom is 0.254 e. The van der Waals surface area contributed by atoms with Gasteiger partial charge in [-0.15, -0.1) is 0 Å². The van der Waals surface area contributed by atoms with Crippen LogP contribution in [-0.2, 0) is 12.3 Å². The van der Waals surface area contributed by atoms with Crippen LogP contribution in [0.4, 0.5) is 0 Å². The standard InChI is InChI=1S/C20H20N4O3S/c1-13-10-16(24-27-13)12-28-20-17(4-3-9-22-20)19(26)23-11-14-5-7-15(8-6-14)18(25)21-2/h3-10H,11-12H2,1-2H3,(H,21,25)(H,23,26). The second-order valence-corrected chi connectivity index (χ2v) is 7.00. The van der Waals surface area contributed by atoms with Gasteiger partial charge in [0.15, 0.2) is 0 Å². The normalized spacial score (nSPS) is 10.5. The van der Waals surface area contributed by atoms with Crippen molar-refractivity contribution in [1.29, 1.82) is 0 Å². The monoisotopic (exact) mass is 396 g/mol. The molecule has 0 saturated carbocycles. The first-order chi connectivity index (χ1) is 13.6. The molecular weight excluding hydrogens is 376 g/mol. The Balaban J connectivity index is 1.61. The molecule has 0 aliphatic heterocycles. The van der Waals surface area contributed by atoms with Gasteiger partial charge in [0.05, 0.1) is 11.3 Å². The Morgan fingerprint density at radius 1 is 1.14 bits per heavy atom. The fraction of sp³-hybridized carbons (Fsp3) is 0.200. The van der Waals surface area contributed by atoms with Crippen LogP contribution >= 0.6 is 11.8 Å². The van der Waals surface area contributed by atoms with Crippen molar-refractivity contribution in [3.8, 4) is 0 Å². The molecule has 1 aromatic carbocycles. The lowest BCUT2D eigenvalue weighted by atomic mass is 10.1. The Bertz CT molecular complexity index is 970. The van der Waals surface area contributed by atoms with Crippen molar-refractivity contribution in [3.63, 3.8) is 0 Å². The maximum absolute atomic E-state index is 12.6. The number of aryl methyl sites for hydroxylation is 1. The molecule has 2 N–H and O–H groups in total. The zero-order valence-corrected chi connectivity index (χ0v) is 16.4. The van der Waals surface area contributed by atoms with Crippen molar-refractivity contribution >= 4 is 23.6 Å². The summed E-state index contributed by atoms with van der Waals surface area (Å²) in [6, 6.07) is 12.4. The molecule has 0 saturated heterocycles. The third-order valence-electron chi connectivity index (χ3n) is 3.95. The summed E-state index contributed by atoms with van der Waals surface area (Å²) in [5, 5.41) is 10.1. The van der Waals surface area contributed by atoms with Crippen LogP contribution in [0, 0.1) is 6.92 Å². The molecule has 7 nitrogen and oxygen atoms in total. The van der Waals surface area contributed by atoms with E-state index in [0.29, 0.717) is 28.5 Å². The lowest BCUT2D eigenvalue weighted by Gasteiger charge is -2.09. The highest BCUT2D eigenvalue weighted by molar-refractivity contribution is 7.98. The molecule has 0 spiro atoms. The van der Waals surface area contributed by atoms with Gasteiger partial charge in [0.2, 0.25) is 0 Å². The van der Waals surface area contributed by atoms with Crippen LogP contribution in [0.15, 0.2) is 58.2 Å². The summed E-state index contributed by atoms with van der Waals surface area (Å²) in [6.45, 7) is 2.19. The summed E-state index contributed by atoms with van der Waals surface area (Å²) < 4.78 is 5.06. The Kier molecular flexibility index (Phi) is 6.44. The molecular formula is C20H20N4O3S. The van der Waals surface area contributed by atoms with E-state index in [1.54, 1.807) is 37.5 Å². The van der Waals surface area contributed by atoms with E-state index in [0.717, 1.165) is 17.0 Å². The van der Waals surface area contributed by atoms with Gasteiger partial charge in [-0.3, -0.25) is 9.59 Å². The van der Waals surface area contributed by atoms with Gasteiger partial charge in [0.1, 0.15) is 10.8 Å². The molecule has 0 aliphatic rings. The van der Waals surface area contributed by atoms with Crippen molar-refractivity contribution in [1.82, 2.24) is 20.8 Å². The highest BCUT2D eigenvalue weighted by Gasteiger charge is 2.14. The van der Waals surface area contributed by atoms with Crippen LogP contribution < -0.4 is 10.6 Å². The van der Waals surface area contributed by atoms with Crippen molar-refractivity contribution in [3.05, 3.63) is 76.8 Å². The maximum atomic E-state index is 12.6. The van der Waals surface area contributed by atoms with Gasteiger partial charge < -0.3 is 15.2 Å². The summed E-state index contributed by atoms with van der Waals surface area (Å²) in [5.74, 6) is 0.963. The predicted octanol–water partition coefficient (Wildman–Crippen LogP) is 2.96. The van der Waals surface area contributed by atoms with E-state index in [9.17, 15) is 9.59 Å². The molecule has 8 heteroatoms. The predicted molar refractivity (Wildman–Crippen MR) is 106 cm³/mol. The zero-order chi connectivity index (χ0) is 19.9. The highest BCUT2D eigenvalue weighted by Crippen LogP contribution is 2.24. The number of nitrogens with zero attached hydrogens (tertiary/aromatic N) is 2. The number of benzene rings is 1. The molecule has 0 atom stereocenters. The third-order valence-corrected chi connectivity index (χ3v) is 4.98. The Labute approximate surface area is 166 Å². The van der Waals surface area contributed by atoms with Gasteiger partial charge in [-0.2, -0.15) is 0 Å². The average Bonchev–Trinajstić information content (AvgIpc) is 3.15. The summed E-state index contributed by atoms with van der Waals surface area (Å²) in [6.07, 6.45) is 1.66. The first-order valence-corrected chi connectivity index (χ1v) is 9.64. The number of thioether (sulfide) groups is 1. The molecule has 0 fully saturated rings. The number of hydrogen-bond acceptors (Lipinski definition) is 6. The second-order valence-electron chi connectivity index (χ2n) is 6.03. The topological polar surface area (TPSA) is 97.1 Å². The smallest absolute Gasteiger partial charge is 0.254 e. The second kappa shape index (κ2) is 9.18. The molecule has 2 heterocycles. The number of amides is 2. The van der Waals surface area contributed by atoms with Gasteiger partial charge in [0.25, 0.3) is 11.8 Å². The number of carbonyl (C=O) groups excluding carboxylic acids is 2. The van der Waals surface area contributed by atoms with Crippen molar-refractivity contribution in [2.24, 2.45) is 0 Å². The van der Waals surface area contributed by atoms with E-state index in [4.69, 9.17) is 4.52 Å². The summed E-state index contributed by atoms with van der Waals surface area (Å²) in [4.78, 5) is 28.5. The number of aromatic nitrogens is 2. The summed E-state index contributed by atoms with van der Waals surface area (Å²) in [7, 11) is 1.59. The molecule has 144 valence electrons. The number of rotatable bonds is 7. The fourth-order valence-electron chi connectivity index (χ4n) is 2.50. The van der Waals surface area contributed by atoms with Crippen molar-refractivity contribution < 1.29 is 14.1 Å². The average molecular weight is 396 g/mol. The first kappa shape index (κ1) is 19.6. The van der Waals surface area contributed by atoms with E-state index in [2.05, 4.69) is 20.8 Å². The lowest BCUT2D eigenvalue weighted by molar-refractivity contribution is 0.0943. The minimum absolute atomic E-state index is 0.144. The molecule has 28 heavy (non-hydrogen) atoms. The van der Waals surface area contributed by atoms with Crippen LogP contribution in [0.2, 0.25) is 0 Å². The molecule has 0 aliphatic carbocycles. The molecule has 0 radical (unpaired) electrons. The van der Waals surface area contributed by atoms with Crippen LogP contribution in [0.1, 0.15) is 37.7 Å². The molecule has 3 rings (SSSR count). The molecule has 0 bridgehead atoms. The SMILES string of the molecule is CNC(=O)c1ccc(CNC(=O)c2cccnc2SCc2cc(C)on2)cc1. The molecule has 0 unspecified atom stereocenters. The van der Waals surface area contributed by atoms with Crippen molar-refractivity contribution in [2.75, 3.05) is 7.05 Å². The highest BCUT2D eigenvalue weighted by atomic mass is 32.2. The van der Waals surface area contributed by atoms with Gasteiger partial charge in [-0.05, 0) is 36.8 Å². The molecule has 3 aromatic rings. The van der Waals surface area contributed by atoms with Crippen molar-refractivity contribution in [2.45, 2.75) is 24.2 Å². The Morgan fingerprint density at radius 2 is 1.93 bits per heavy atom. The summed E-state index contributed by atoms with van der Waals surface area (Å²) >= 11 is 1.43. The third kappa shape index (κ3) is 4.98. The number of carbonyl (C=O) groups is 2. The van der Waals surface area contributed by atoms with Gasteiger partial charge >= 0.3 is 0 Å². The molecule has 2 amide bonds. The number of nitrogens with one attached hydrogen (secondary N) is 2. The Hall–Kier alpha value is -3.13. The van der Waals surface area contributed by atoms with Gasteiger partial charge in [-0.1, -0.05) is 29.1 Å². The Morgan fingerprint density at radius 3 is 2.61 bits per heavy atom. The number of hydrogen-bond donors (Lipinski definition) is 2. The fourth-order valence-corrected chi connectivity index (χ4v) is 3.38. The van der Waals surface area contributed by atoms with Gasteiger partial charge in [0, 0.05) is 37.2 Å². The van der Waals surface area contributed by atoms with Gasteiger partial charge in [-0.25, -0.2) is 4.98 Å². The van der Waals surface area contributed by atoms with E-state index in [1.165, 1.54) is 11.8 Å². The zero-order valence-electron chi connectivity index (χ0n) is 15.6. The van der Waals surface area contributed by atoms with Crippen LogP contribution in [0.5, 0.6) is 0 Å². The van der Waals surface area contributed by atoms with E-state index >= 15 is 0 Å². The van der Waals surface area contributed by atoms with E-state index in [-0.39, 0.29) is 11.8 Å². The minimum Gasteiger partial charge on any atom is -0.361 e. The molecule has 2 aromatic heterocycles. The number of pyridine rings is 1.